The molecule has 1 heterocycles. The summed E-state index contributed by atoms with van der Waals surface area (Å²) in [4.78, 5) is 11.4. The van der Waals surface area contributed by atoms with Crippen molar-refractivity contribution >= 4 is 38.6 Å². The van der Waals surface area contributed by atoms with Gasteiger partial charge in [-0.1, -0.05) is 0 Å². The van der Waals surface area contributed by atoms with Gasteiger partial charge >= 0.3 is 6.09 Å². The number of ether oxygens (including phenoxy) is 1. The highest BCUT2D eigenvalue weighted by Crippen LogP contribution is 2.27. The van der Waals surface area contributed by atoms with Gasteiger partial charge in [-0.25, -0.2) is 4.79 Å². The molecular weight excluding hydrogens is 300 g/mol. The molecule has 0 bridgehead atoms. The fourth-order valence-electron chi connectivity index (χ4n) is 1.65. The molecule has 0 aliphatic rings. The molecule has 2 rings (SSSR count). The maximum atomic E-state index is 11.8. The molecule has 0 fully saturated rings. The van der Waals surface area contributed by atoms with Crippen molar-refractivity contribution in [2.24, 2.45) is 0 Å². The van der Waals surface area contributed by atoms with Crippen molar-refractivity contribution in [1.29, 1.82) is 0 Å². The van der Waals surface area contributed by atoms with E-state index < -0.39 is 6.09 Å². The SMILES string of the molecule is CCOC(=O)Nc1ccc(Br)c2ccc[n+]([O-])c12. The summed E-state index contributed by atoms with van der Waals surface area (Å²) >= 11 is 3.37. The third-order valence-corrected chi connectivity index (χ3v) is 3.07. The Kier molecular flexibility index (Phi) is 3.66. The van der Waals surface area contributed by atoms with Crippen LogP contribution in [0.15, 0.2) is 34.9 Å². The lowest BCUT2D eigenvalue weighted by Crippen LogP contribution is -2.28. The number of halogens is 1. The topological polar surface area (TPSA) is 65.3 Å². The standard InChI is InChI=1S/C12H11BrN2O3/c1-2-18-12(16)14-10-6-5-9(13)8-4-3-7-15(17)11(8)10/h3-7H,2H2,1H3,(H,14,16). The smallest absolute Gasteiger partial charge is 0.411 e. The Morgan fingerprint density at radius 3 is 3.00 bits per heavy atom. The number of aromatic nitrogens is 1. The first-order valence-corrected chi connectivity index (χ1v) is 6.17. The second-order valence-electron chi connectivity index (χ2n) is 3.54. The van der Waals surface area contributed by atoms with Gasteiger partial charge in [0.2, 0.25) is 5.52 Å². The number of benzene rings is 1. The van der Waals surface area contributed by atoms with E-state index in [9.17, 15) is 10.0 Å². The van der Waals surface area contributed by atoms with E-state index in [-0.39, 0.29) is 6.61 Å². The summed E-state index contributed by atoms with van der Waals surface area (Å²) in [6.45, 7) is 1.99. The molecule has 1 aromatic carbocycles. The second-order valence-corrected chi connectivity index (χ2v) is 4.39. The van der Waals surface area contributed by atoms with Crippen LogP contribution in [0.4, 0.5) is 10.5 Å². The molecule has 0 unspecified atom stereocenters. The second kappa shape index (κ2) is 5.22. The highest BCUT2D eigenvalue weighted by Gasteiger charge is 2.14. The molecule has 18 heavy (non-hydrogen) atoms. The Hall–Kier alpha value is -1.82. The molecule has 5 nitrogen and oxygen atoms in total. The van der Waals surface area contributed by atoms with Gasteiger partial charge in [-0.05, 0) is 41.1 Å². The van der Waals surface area contributed by atoms with E-state index in [1.54, 1.807) is 31.2 Å². The van der Waals surface area contributed by atoms with E-state index in [2.05, 4.69) is 21.2 Å². The van der Waals surface area contributed by atoms with E-state index >= 15 is 0 Å². The molecule has 1 aromatic heterocycles. The predicted molar refractivity (Wildman–Crippen MR) is 71.3 cm³/mol. The molecule has 0 atom stereocenters. The van der Waals surface area contributed by atoms with Crippen molar-refractivity contribution in [2.45, 2.75) is 6.92 Å². The third kappa shape index (κ3) is 2.38. The lowest BCUT2D eigenvalue weighted by molar-refractivity contribution is -0.576. The number of rotatable bonds is 2. The maximum Gasteiger partial charge on any atom is 0.411 e. The molecule has 0 saturated heterocycles. The number of pyridine rings is 1. The van der Waals surface area contributed by atoms with Crippen molar-refractivity contribution < 1.29 is 14.3 Å². The van der Waals surface area contributed by atoms with Crippen molar-refractivity contribution in [2.75, 3.05) is 11.9 Å². The minimum atomic E-state index is -0.579. The molecule has 1 N–H and O–H groups in total. The largest absolute Gasteiger partial charge is 0.618 e. The first kappa shape index (κ1) is 12.6. The number of amides is 1. The molecule has 0 radical (unpaired) electrons. The van der Waals surface area contributed by atoms with Crippen LogP contribution in [0, 0.1) is 5.21 Å². The van der Waals surface area contributed by atoms with Gasteiger partial charge in [-0.3, -0.25) is 5.32 Å². The summed E-state index contributed by atoms with van der Waals surface area (Å²) < 4.78 is 6.29. The minimum Gasteiger partial charge on any atom is -0.618 e. The number of carbonyl (C=O) groups excluding carboxylic acids is 1. The van der Waals surface area contributed by atoms with Gasteiger partial charge in [0, 0.05) is 10.5 Å². The predicted octanol–water partition coefficient (Wildman–Crippen LogP) is 2.80. The number of nitrogens with zero attached hydrogens (tertiary/aromatic N) is 1. The molecule has 94 valence electrons. The molecular formula is C12H11BrN2O3. The normalized spacial score (nSPS) is 10.3. The van der Waals surface area contributed by atoms with E-state index in [4.69, 9.17) is 4.74 Å². The average Bonchev–Trinajstić information content (AvgIpc) is 2.33. The van der Waals surface area contributed by atoms with E-state index in [1.165, 1.54) is 6.20 Å². The van der Waals surface area contributed by atoms with Crippen molar-refractivity contribution in [1.82, 2.24) is 0 Å². The van der Waals surface area contributed by atoms with Crippen LogP contribution in [0.1, 0.15) is 6.92 Å². The Labute approximate surface area is 112 Å². The van der Waals surface area contributed by atoms with Gasteiger partial charge in [0.1, 0.15) is 5.69 Å². The summed E-state index contributed by atoms with van der Waals surface area (Å²) in [5.41, 5.74) is 0.808. The van der Waals surface area contributed by atoms with E-state index in [0.717, 1.165) is 9.86 Å². The lowest BCUT2D eigenvalue weighted by atomic mass is 10.2. The van der Waals surface area contributed by atoms with Gasteiger partial charge in [-0.2, -0.15) is 4.73 Å². The number of hydrogen-bond acceptors (Lipinski definition) is 3. The average molecular weight is 311 g/mol. The highest BCUT2D eigenvalue weighted by molar-refractivity contribution is 9.10. The molecule has 0 aliphatic carbocycles. The van der Waals surface area contributed by atoms with E-state index in [1.807, 2.05) is 0 Å². The van der Waals surface area contributed by atoms with Gasteiger partial charge in [0.15, 0.2) is 6.20 Å². The van der Waals surface area contributed by atoms with E-state index in [0.29, 0.717) is 15.9 Å². The van der Waals surface area contributed by atoms with Gasteiger partial charge in [0.25, 0.3) is 0 Å². The molecule has 6 heteroatoms. The Balaban J connectivity index is 2.51. The third-order valence-electron chi connectivity index (χ3n) is 2.38. The fraction of sp³-hybridized carbons (Fsp3) is 0.167. The summed E-state index contributed by atoms with van der Waals surface area (Å²) in [6.07, 6.45) is 0.801. The molecule has 0 spiro atoms. The van der Waals surface area contributed by atoms with Crippen LogP contribution < -0.4 is 10.0 Å². The first-order valence-electron chi connectivity index (χ1n) is 5.37. The van der Waals surface area contributed by atoms with Crippen molar-refractivity contribution in [3.05, 3.63) is 40.1 Å². The number of nitrogens with one attached hydrogen (secondary N) is 1. The first-order chi connectivity index (χ1) is 8.63. The monoisotopic (exact) mass is 310 g/mol. The van der Waals surface area contributed by atoms with Crippen LogP contribution in [0.2, 0.25) is 0 Å². The Bertz CT molecular complexity index is 601. The Morgan fingerprint density at radius 1 is 1.50 bits per heavy atom. The summed E-state index contributed by atoms with van der Waals surface area (Å²) in [5.74, 6) is 0. The highest BCUT2D eigenvalue weighted by atomic mass is 79.9. The zero-order valence-electron chi connectivity index (χ0n) is 9.64. The summed E-state index contributed by atoms with van der Waals surface area (Å²) in [6, 6.07) is 6.86. The number of carbonyl (C=O) groups is 1. The fourth-order valence-corrected chi connectivity index (χ4v) is 2.10. The molecule has 0 aliphatic heterocycles. The lowest BCUT2D eigenvalue weighted by Gasteiger charge is -2.09. The van der Waals surface area contributed by atoms with Crippen LogP contribution in [-0.2, 0) is 4.74 Å². The van der Waals surface area contributed by atoms with Crippen LogP contribution in [0.25, 0.3) is 10.9 Å². The molecule has 1 amide bonds. The Morgan fingerprint density at radius 2 is 2.28 bits per heavy atom. The summed E-state index contributed by atoms with van der Waals surface area (Å²) in [5, 5.41) is 15.1. The van der Waals surface area contributed by atoms with Crippen molar-refractivity contribution in [3.8, 4) is 0 Å². The number of fused-ring (bicyclic) bond motifs is 1. The van der Waals surface area contributed by atoms with Crippen molar-refractivity contribution in [3.63, 3.8) is 0 Å². The zero-order valence-corrected chi connectivity index (χ0v) is 11.2. The minimum absolute atomic E-state index is 0.275. The molecule has 0 saturated carbocycles. The summed E-state index contributed by atoms with van der Waals surface area (Å²) in [7, 11) is 0. The van der Waals surface area contributed by atoms with Crippen LogP contribution in [0.3, 0.4) is 0 Å². The van der Waals surface area contributed by atoms with Gasteiger partial charge < -0.3 is 9.94 Å². The van der Waals surface area contributed by atoms with Gasteiger partial charge in [0.05, 0.1) is 12.0 Å². The van der Waals surface area contributed by atoms with Crippen LogP contribution in [-0.4, -0.2) is 12.7 Å². The van der Waals surface area contributed by atoms with Gasteiger partial charge in [-0.15, -0.1) is 0 Å². The molecule has 2 aromatic rings. The number of anilines is 1. The quantitative estimate of drug-likeness (QED) is 0.685. The number of hydrogen-bond donors (Lipinski definition) is 1. The van der Waals surface area contributed by atoms with Crippen LogP contribution in [0.5, 0.6) is 0 Å². The maximum absolute atomic E-state index is 11.8. The van der Waals surface area contributed by atoms with Crippen LogP contribution >= 0.6 is 15.9 Å². The zero-order chi connectivity index (χ0) is 13.1.